The summed E-state index contributed by atoms with van der Waals surface area (Å²) in [5.74, 6) is 2.60. The molecule has 0 aliphatic rings. The van der Waals surface area contributed by atoms with Crippen LogP contribution in [0.25, 0.3) is 118 Å². The Morgan fingerprint density at radius 2 is 1.02 bits per heavy atom. The lowest BCUT2D eigenvalue weighted by atomic mass is 9.94. The van der Waals surface area contributed by atoms with Gasteiger partial charge in [-0.15, -0.1) is 0 Å². The van der Waals surface area contributed by atoms with Crippen LogP contribution < -0.4 is 0 Å². The highest BCUT2D eigenvalue weighted by Gasteiger charge is 2.22. The van der Waals surface area contributed by atoms with Gasteiger partial charge in [-0.1, -0.05) is 190 Å². The molecule has 0 saturated heterocycles. The number of rotatable bonds is 8. The van der Waals surface area contributed by atoms with Gasteiger partial charge in [-0.2, -0.15) is 9.97 Å². The number of nitrogens with zero attached hydrogens (tertiary/aromatic N) is 4. The van der Waals surface area contributed by atoms with Crippen molar-refractivity contribution in [1.29, 1.82) is 0 Å². The second kappa shape index (κ2) is 16.7. The molecule has 5 nitrogen and oxygen atoms in total. The topological polar surface area (TPSA) is 56.7 Å². The van der Waals surface area contributed by atoms with E-state index in [1.807, 2.05) is 99.7 Å². The van der Waals surface area contributed by atoms with Crippen LogP contribution in [0.5, 0.6) is 0 Å². The molecule has 5 heteroatoms. The van der Waals surface area contributed by atoms with Gasteiger partial charge in [-0.3, -0.25) is 4.57 Å². The van der Waals surface area contributed by atoms with Crippen molar-refractivity contribution in [2.24, 2.45) is 0 Å². The third kappa shape index (κ3) is 7.00. The summed E-state index contributed by atoms with van der Waals surface area (Å²) in [6.45, 7) is 10.1. The van der Waals surface area contributed by atoms with Gasteiger partial charge >= 0.3 is 0 Å². The van der Waals surface area contributed by atoms with E-state index in [1.54, 1.807) is 0 Å². The first kappa shape index (κ1) is 39.0. The van der Waals surface area contributed by atoms with Crippen molar-refractivity contribution < 1.29 is 4.42 Å². The Morgan fingerprint density at radius 3 is 1.63 bits per heavy atom. The number of aromatic nitrogens is 4. The highest BCUT2D eigenvalue weighted by Crippen LogP contribution is 2.41. The van der Waals surface area contributed by atoms with Crippen molar-refractivity contribution in [2.75, 3.05) is 0 Å². The Bertz CT molecular complexity index is 3450. The average molecular weight is 813 g/mol. The number of para-hydroxylation sites is 2. The van der Waals surface area contributed by atoms with Gasteiger partial charge in [0.05, 0.1) is 11.0 Å². The van der Waals surface area contributed by atoms with E-state index in [2.05, 4.69) is 132 Å². The molecule has 0 amide bonds. The number of benzene rings is 8. The fourth-order valence-electron chi connectivity index (χ4n) is 8.69. The fraction of sp³-hybridized carbons (Fsp3) is 0.0517. The number of fused-ring (bicyclic) bond motifs is 5. The van der Waals surface area contributed by atoms with E-state index in [0.717, 1.165) is 94.0 Å². The lowest BCUT2D eigenvalue weighted by molar-refractivity contribution is 0.604. The highest BCUT2D eigenvalue weighted by atomic mass is 16.3. The van der Waals surface area contributed by atoms with Gasteiger partial charge in [0.2, 0.25) is 5.95 Å². The van der Waals surface area contributed by atoms with Gasteiger partial charge in [-0.05, 0) is 70.3 Å². The standard InChI is InChI=1S/C56H38N4O.C2H6/c1-3-17-51-44(4-2)48-31-16-29-46(53(48)61-51)43-27-14-25-39(33-43)38-24-13-26-42(32-38)45-28-15-30-47-49-34-40-22-11-12-23-41(40)35-50(49)60(52(45)47)56-58-54(36-18-7-5-8-19-36)57-55(59-56)37-20-9-6-10-21-37;1-2/h3-35H,2H2,1H3;1-2H3/b17-3-;. The van der Waals surface area contributed by atoms with Gasteiger partial charge in [0, 0.05) is 44.0 Å². The van der Waals surface area contributed by atoms with E-state index in [4.69, 9.17) is 19.4 Å². The van der Waals surface area contributed by atoms with E-state index >= 15 is 0 Å². The molecule has 3 aromatic heterocycles. The van der Waals surface area contributed by atoms with Crippen LogP contribution in [0, 0.1) is 0 Å². The zero-order valence-electron chi connectivity index (χ0n) is 35.5. The molecule has 0 spiro atoms. The molecule has 0 unspecified atom stereocenters. The minimum atomic E-state index is 0.559. The summed E-state index contributed by atoms with van der Waals surface area (Å²) in [6, 6.07) is 63.8. The fourth-order valence-corrected chi connectivity index (χ4v) is 8.69. The van der Waals surface area contributed by atoms with Gasteiger partial charge in [-0.25, -0.2) is 4.98 Å². The van der Waals surface area contributed by atoms with Crippen LogP contribution in [-0.4, -0.2) is 19.5 Å². The first-order valence-corrected chi connectivity index (χ1v) is 21.5. The maximum atomic E-state index is 6.47. The van der Waals surface area contributed by atoms with E-state index < -0.39 is 0 Å². The lowest BCUT2D eigenvalue weighted by Gasteiger charge is -2.14. The molecular formula is C58H44N4O. The van der Waals surface area contributed by atoms with E-state index in [9.17, 15) is 0 Å². The van der Waals surface area contributed by atoms with Crippen LogP contribution >= 0.6 is 0 Å². The SMILES string of the molecule is C=Cc1c(/C=C\C)oc2c(-c3cccc(-c4cccc(-c5cccc6c7cc8ccccc8cc7n(-c7nc(-c8ccccc8)nc(-c8ccccc8)n7)c56)c4)c3)cccc12.CC. The molecule has 302 valence electrons. The van der Waals surface area contributed by atoms with Gasteiger partial charge in [0.15, 0.2) is 11.6 Å². The van der Waals surface area contributed by atoms with Gasteiger partial charge < -0.3 is 4.42 Å². The molecule has 0 aliphatic carbocycles. The predicted octanol–water partition coefficient (Wildman–Crippen LogP) is 15.9. The number of furan rings is 1. The third-order valence-corrected chi connectivity index (χ3v) is 11.5. The normalized spacial score (nSPS) is 11.4. The smallest absolute Gasteiger partial charge is 0.238 e. The van der Waals surface area contributed by atoms with Crippen LogP contribution in [0.3, 0.4) is 0 Å². The predicted molar refractivity (Wildman–Crippen MR) is 265 cm³/mol. The summed E-state index contributed by atoms with van der Waals surface area (Å²) in [4.78, 5) is 15.6. The molecule has 0 fully saturated rings. The molecule has 11 rings (SSSR count). The second-order valence-electron chi connectivity index (χ2n) is 15.2. The molecule has 3 heterocycles. The van der Waals surface area contributed by atoms with Crippen LogP contribution in [0.15, 0.2) is 199 Å². The average Bonchev–Trinajstić information content (AvgIpc) is 3.89. The summed E-state index contributed by atoms with van der Waals surface area (Å²) in [5, 5.41) is 5.63. The van der Waals surface area contributed by atoms with Crippen molar-refractivity contribution in [2.45, 2.75) is 20.8 Å². The molecular weight excluding hydrogens is 769 g/mol. The molecule has 0 N–H and O–H groups in total. The van der Waals surface area contributed by atoms with Crippen molar-refractivity contribution in [3.8, 4) is 62.1 Å². The van der Waals surface area contributed by atoms with Crippen LogP contribution in [0.1, 0.15) is 32.1 Å². The Labute approximate surface area is 367 Å². The minimum absolute atomic E-state index is 0.559. The summed E-state index contributed by atoms with van der Waals surface area (Å²) >= 11 is 0. The second-order valence-corrected chi connectivity index (χ2v) is 15.2. The largest absolute Gasteiger partial charge is 0.455 e. The van der Waals surface area contributed by atoms with Gasteiger partial charge in [0.1, 0.15) is 11.3 Å². The quantitative estimate of drug-likeness (QED) is 0.153. The molecule has 0 bridgehead atoms. The first-order valence-electron chi connectivity index (χ1n) is 21.5. The van der Waals surface area contributed by atoms with Crippen LogP contribution in [0.2, 0.25) is 0 Å². The van der Waals surface area contributed by atoms with Crippen LogP contribution in [0.4, 0.5) is 0 Å². The molecule has 11 aromatic rings. The van der Waals surface area contributed by atoms with E-state index in [-0.39, 0.29) is 0 Å². The molecule has 8 aromatic carbocycles. The highest BCUT2D eigenvalue weighted by molar-refractivity contribution is 6.17. The van der Waals surface area contributed by atoms with Gasteiger partial charge in [0.25, 0.3) is 0 Å². The Kier molecular flexibility index (Phi) is 10.4. The number of allylic oxidation sites excluding steroid dienone is 1. The molecule has 63 heavy (non-hydrogen) atoms. The van der Waals surface area contributed by atoms with Crippen molar-refractivity contribution >= 4 is 55.7 Å². The maximum absolute atomic E-state index is 6.47. The van der Waals surface area contributed by atoms with Crippen LogP contribution in [-0.2, 0) is 0 Å². The number of hydrogen-bond donors (Lipinski definition) is 0. The Hall–Kier alpha value is -8.15. The Balaban J connectivity index is 0.00000232. The molecule has 0 atom stereocenters. The maximum Gasteiger partial charge on any atom is 0.238 e. The molecule has 0 radical (unpaired) electrons. The van der Waals surface area contributed by atoms with Crippen molar-refractivity contribution in [1.82, 2.24) is 19.5 Å². The van der Waals surface area contributed by atoms with E-state index in [1.165, 1.54) is 5.39 Å². The lowest BCUT2D eigenvalue weighted by Crippen LogP contribution is -2.07. The monoisotopic (exact) mass is 812 g/mol. The number of hydrogen-bond acceptors (Lipinski definition) is 4. The van der Waals surface area contributed by atoms with E-state index in [0.29, 0.717) is 17.6 Å². The molecule has 0 aliphatic heterocycles. The zero-order valence-corrected chi connectivity index (χ0v) is 35.5. The third-order valence-electron chi connectivity index (χ3n) is 11.5. The zero-order chi connectivity index (χ0) is 42.9. The Morgan fingerprint density at radius 1 is 0.492 bits per heavy atom. The first-order chi connectivity index (χ1) is 31.1. The van der Waals surface area contributed by atoms with Crippen molar-refractivity contribution in [3.05, 3.63) is 206 Å². The summed E-state index contributed by atoms with van der Waals surface area (Å²) in [6.07, 6.45) is 5.87. The summed E-state index contributed by atoms with van der Waals surface area (Å²) in [7, 11) is 0. The minimum Gasteiger partial charge on any atom is -0.455 e. The summed E-state index contributed by atoms with van der Waals surface area (Å²) in [5.41, 5.74) is 12.3. The van der Waals surface area contributed by atoms with Crippen molar-refractivity contribution in [3.63, 3.8) is 0 Å². The summed E-state index contributed by atoms with van der Waals surface area (Å²) < 4.78 is 8.71. The molecule has 0 saturated carbocycles.